The number of thioether (sulfide) groups is 1. The van der Waals surface area contributed by atoms with Gasteiger partial charge in [-0.15, -0.1) is 0 Å². The third-order valence-electron chi connectivity index (χ3n) is 8.99. The molecule has 13 heteroatoms. The fourth-order valence-corrected chi connectivity index (χ4v) is 6.58. The summed E-state index contributed by atoms with van der Waals surface area (Å²) in [5.41, 5.74) is -0.336. The largest absolute Gasteiger partial charge is 0.489 e. The lowest BCUT2D eigenvalue weighted by Crippen LogP contribution is -2.33. The Kier molecular flexibility index (Phi) is 11.5. The van der Waals surface area contributed by atoms with E-state index in [-0.39, 0.29) is 24.1 Å². The van der Waals surface area contributed by atoms with Crippen molar-refractivity contribution in [1.29, 1.82) is 0 Å². The molecule has 264 valence electrons. The molecule has 1 saturated carbocycles. The van der Waals surface area contributed by atoms with Gasteiger partial charge in [-0.2, -0.15) is 38.1 Å². The van der Waals surface area contributed by atoms with E-state index < -0.39 is 29.5 Å². The van der Waals surface area contributed by atoms with Crippen LogP contribution in [-0.2, 0) is 18.9 Å². The normalized spacial score (nSPS) is 14.7. The summed E-state index contributed by atoms with van der Waals surface area (Å²) in [5.74, 6) is 2.51. The van der Waals surface area contributed by atoms with Crippen LogP contribution in [0.4, 0.5) is 38.1 Å². The molecule has 1 unspecified atom stereocenters. The van der Waals surface area contributed by atoms with Gasteiger partial charge in [-0.05, 0) is 87.7 Å². The number of hydrogen-bond donors (Lipinski definition) is 0. The number of pyridine rings is 1. The van der Waals surface area contributed by atoms with Crippen molar-refractivity contribution >= 4 is 34.4 Å². The van der Waals surface area contributed by atoms with Crippen molar-refractivity contribution in [3.63, 3.8) is 0 Å². The Morgan fingerprint density at radius 1 is 0.939 bits per heavy atom. The van der Waals surface area contributed by atoms with Crippen LogP contribution < -0.4 is 14.5 Å². The lowest BCUT2D eigenvalue weighted by Gasteiger charge is -2.33. The minimum Gasteiger partial charge on any atom is -0.489 e. The van der Waals surface area contributed by atoms with Crippen LogP contribution in [0.25, 0.3) is 10.9 Å². The Hall–Kier alpha value is -3.74. The number of ether oxygens (including phenoxy) is 1. The number of nitrogens with zero attached hydrogens (tertiary/aromatic N) is 5. The molecule has 2 aromatic heterocycles. The van der Waals surface area contributed by atoms with Crippen LogP contribution in [0.3, 0.4) is 0 Å². The number of fused-ring (bicyclic) bond motifs is 1. The number of alkyl halides is 6. The fourth-order valence-electron chi connectivity index (χ4n) is 6.33. The van der Waals surface area contributed by atoms with E-state index in [4.69, 9.17) is 9.72 Å². The Morgan fingerprint density at radius 2 is 1.59 bits per heavy atom. The zero-order chi connectivity index (χ0) is 35.3. The molecule has 0 aliphatic heterocycles. The maximum Gasteiger partial charge on any atom is 0.416 e. The predicted octanol–water partition coefficient (Wildman–Crippen LogP) is 9.90. The van der Waals surface area contributed by atoms with Crippen molar-refractivity contribution in [2.24, 2.45) is 5.92 Å². The molecule has 0 bridgehead atoms. The summed E-state index contributed by atoms with van der Waals surface area (Å²) >= 11 is 1.61. The Labute approximate surface area is 287 Å². The maximum absolute atomic E-state index is 13.9. The molecule has 0 N–H and O–H groups in total. The van der Waals surface area contributed by atoms with Gasteiger partial charge in [0.15, 0.2) is 5.75 Å². The van der Waals surface area contributed by atoms with E-state index in [1.54, 1.807) is 23.6 Å². The van der Waals surface area contributed by atoms with Gasteiger partial charge in [-0.3, -0.25) is 0 Å². The zero-order valence-electron chi connectivity index (χ0n) is 28.0. The molecule has 6 nitrogen and oxygen atoms in total. The minimum absolute atomic E-state index is 0.0683. The zero-order valence-corrected chi connectivity index (χ0v) is 28.9. The number of hydrogen-bond acceptors (Lipinski definition) is 7. The third-order valence-corrected chi connectivity index (χ3v) is 9.56. The second-order valence-corrected chi connectivity index (χ2v) is 13.5. The van der Waals surface area contributed by atoms with Crippen LogP contribution in [0.2, 0.25) is 0 Å². The Bertz CT molecular complexity index is 1680. The second kappa shape index (κ2) is 15.4. The minimum atomic E-state index is -4.98. The smallest absolute Gasteiger partial charge is 0.416 e. The highest BCUT2D eigenvalue weighted by atomic mass is 32.2. The van der Waals surface area contributed by atoms with Gasteiger partial charge in [-0.1, -0.05) is 24.5 Å². The quantitative estimate of drug-likeness (QED) is 0.101. The first-order valence-electron chi connectivity index (χ1n) is 16.4. The number of halogens is 6. The molecule has 5 rings (SSSR count). The van der Waals surface area contributed by atoms with Crippen molar-refractivity contribution in [3.8, 4) is 5.75 Å². The molecule has 0 radical (unpaired) electrons. The molecule has 2 heterocycles. The standard InChI is InChI=1S/C36H41F6N5OS/c1-5-46(21-25-8-6-7-9-25)33-28(15-27-14-23(2)10-11-32(27)45-33)22-47(34-43-19-31(20-44-34)48-12-13-49-4)24(3)26-16-29(35(37,38)39)18-30(17-26)36(40,41)42/h10-11,14-20,24-25H,5-9,12-13,21-22H2,1-4H3. The molecule has 1 aliphatic rings. The molecule has 2 aromatic carbocycles. The number of benzene rings is 2. The summed E-state index contributed by atoms with van der Waals surface area (Å²) in [6.45, 7) is 7.56. The first-order chi connectivity index (χ1) is 23.3. The van der Waals surface area contributed by atoms with Crippen molar-refractivity contribution in [3.05, 3.63) is 82.7 Å². The van der Waals surface area contributed by atoms with Crippen LogP contribution >= 0.6 is 11.8 Å². The summed E-state index contributed by atoms with van der Waals surface area (Å²) in [6, 6.07) is 8.66. The van der Waals surface area contributed by atoms with Crippen LogP contribution in [0, 0.1) is 12.8 Å². The number of anilines is 2. The summed E-state index contributed by atoms with van der Waals surface area (Å²) in [4.78, 5) is 18.0. The van der Waals surface area contributed by atoms with E-state index in [1.807, 2.05) is 37.4 Å². The molecule has 1 aliphatic carbocycles. The van der Waals surface area contributed by atoms with Gasteiger partial charge in [-0.25, -0.2) is 15.0 Å². The maximum atomic E-state index is 13.9. The van der Waals surface area contributed by atoms with Gasteiger partial charge in [0, 0.05) is 29.8 Å². The van der Waals surface area contributed by atoms with E-state index in [0.29, 0.717) is 24.8 Å². The van der Waals surface area contributed by atoms with Crippen LogP contribution in [-0.4, -0.2) is 46.7 Å². The summed E-state index contributed by atoms with van der Waals surface area (Å²) < 4.78 is 89.3. The molecule has 0 saturated heterocycles. The van der Waals surface area contributed by atoms with Crippen molar-refractivity contribution in [2.75, 3.05) is 41.5 Å². The summed E-state index contributed by atoms with van der Waals surface area (Å²) in [5, 5.41) is 0.875. The lowest BCUT2D eigenvalue weighted by molar-refractivity contribution is -0.143. The van der Waals surface area contributed by atoms with Gasteiger partial charge in [0.25, 0.3) is 0 Å². The average Bonchev–Trinajstić information content (AvgIpc) is 3.58. The first kappa shape index (κ1) is 36.5. The molecular weight excluding hydrogens is 664 g/mol. The number of aromatic nitrogens is 3. The van der Waals surface area contributed by atoms with E-state index >= 15 is 0 Å². The predicted molar refractivity (Wildman–Crippen MR) is 183 cm³/mol. The van der Waals surface area contributed by atoms with Gasteiger partial charge in [0.2, 0.25) is 5.95 Å². The van der Waals surface area contributed by atoms with Gasteiger partial charge >= 0.3 is 12.4 Å². The number of aryl methyl sites for hydroxylation is 1. The Morgan fingerprint density at radius 3 is 2.18 bits per heavy atom. The molecular formula is C36H41F6N5OS. The van der Waals surface area contributed by atoms with E-state index in [1.165, 1.54) is 25.2 Å². The molecule has 49 heavy (non-hydrogen) atoms. The van der Waals surface area contributed by atoms with Crippen molar-refractivity contribution in [2.45, 2.75) is 71.4 Å². The lowest BCUT2D eigenvalue weighted by atomic mass is 9.99. The third kappa shape index (κ3) is 9.09. The SMILES string of the molecule is CCN(CC1CCCC1)c1nc2ccc(C)cc2cc1CN(c1ncc(OCCSC)cn1)C(C)c1cc(C(F)(F)F)cc(C(F)(F)F)c1. The molecule has 1 atom stereocenters. The van der Waals surface area contributed by atoms with Gasteiger partial charge in [0.05, 0.1) is 48.2 Å². The first-order valence-corrected chi connectivity index (χ1v) is 17.8. The topological polar surface area (TPSA) is 54.4 Å². The second-order valence-electron chi connectivity index (χ2n) is 12.6. The molecule has 1 fully saturated rings. The highest BCUT2D eigenvalue weighted by Gasteiger charge is 2.38. The van der Waals surface area contributed by atoms with Gasteiger partial charge < -0.3 is 14.5 Å². The van der Waals surface area contributed by atoms with Gasteiger partial charge in [0.1, 0.15) is 5.82 Å². The molecule has 4 aromatic rings. The van der Waals surface area contributed by atoms with E-state index in [9.17, 15) is 26.3 Å². The van der Waals surface area contributed by atoms with Crippen molar-refractivity contribution in [1.82, 2.24) is 15.0 Å². The highest BCUT2D eigenvalue weighted by Crippen LogP contribution is 2.40. The average molecular weight is 706 g/mol. The monoisotopic (exact) mass is 705 g/mol. The summed E-state index contributed by atoms with van der Waals surface area (Å²) in [6.07, 6.45) is -0.481. The molecule has 0 spiro atoms. The highest BCUT2D eigenvalue weighted by molar-refractivity contribution is 7.98. The fraction of sp³-hybridized carbons (Fsp3) is 0.472. The summed E-state index contributed by atoms with van der Waals surface area (Å²) in [7, 11) is 0. The van der Waals surface area contributed by atoms with Crippen LogP contribution in [0.1, 0.15) is 73.4 Å². The van der Waals surface area contributed by atoms with E-state index in [0.717, 1.165) is 65.1 Å². The van der Waals surface area contributed by atoms with Crippen LogP contribution in [0.5, 0.6) is 5.75 Å². The van der Waals surface area contributed by atoms with Crippen molar-refractivity contribution < 1.29 is 31.1 Å². The Balaban J connectivity index is 1.63. The van der Waals surface area contributed by atoms with Crippen LogP contribution in [0.15, 0.2) is 54.9 Å². The number of rotatable bonds is 13. The van der Waals surface area contributed by atoms with E-state index in [2.05, 4.69) is 21.8 Å². The molecule has 0 amide bonds.